The minimum atomic E-state index is -2.63. The van der Waals surface area contributed by atoms with E-state index in [1.54, 1.807) is 29.6 Å². The van der Waals surface area contributed by atoms with Crippen molar-refractivity contribution in [3.63, 3.8) is 0 Å². The molecule has 1 aliphatic heterocycles. The number of ether oxygens (including phenoxy) is 1. The fraction of sp³-hybridized carbons (Fsp3) is 0.194. The number of alkyl halides is 2. The van der Waals surface area contributed by atoms with Crippen LogP contribution >= 0.6 is 0 Å². The average Bonchev–Trinajstić information content (AvgIpc) is 3.68. The van der Waals surface area contributed by atoms with Gasteiger partial charge in [0.15, 0.2) is 0 Å². The molecule has 2 aromatic carbocycles. The van der Waals surface area contributed by atoms with Crippen LogP contribution < -0.4 is 4.74 Å². The largest absolute Gasteiger partial charge is 0.497 e. The molecule has 10 heteroatoms. The highest BCUT2D eigenvalue weighted by atomic mass is 19.3. The summed E-state index contributed by atoms with van der Waals surface area (Å²) >= 11 is 0. The van der Waals surface area contributed by atoms with Gasteiger partial charge < -0.3 is 9.72 Å². The molecule has 0 saturated carbocycles. The lowest BCUT2D eigenvalue weighted by Crippen LogP contribution is -2.24. The highest BCUT2D eigenvalue weighted by Gasteiger charge is 2.37. The minimum absolute atomic E-state index is 0.109. The monoisotopic (exact) mass is 554 g/mol. The number of halogens is 3. The van der Waals surface area contributed by atoms with Crippen LogP contribution in [0.2, 0.25) is 0 Å². The quantitative estimate of drug-likeness (QED) is 0.236. The third-order valence-corrected chi connectivity index (χ3v) is 7.53. The molecule has 0 bridgehead atoms. The predicted octanol–water partition coefficient (Wildman–Crippen LogP) is 6.82. The first-order valence-corrected chi connectivity index (χ1v) is 13.2. The van der Waals surface area contributed by atoms with Crippen molar-refractivity contribution in [2.75, 3.05) is 20.2 Å². The van der Waals surface area contributed by atoms with Gasteiger partial charge in [-0.2, -0.15) is 5.10 Å². The molecule has 0 amide bonds. The molecule has 41 heavy (non-hydrogen) atoms. The molecule has 206 valence electrons. The van der Waals surface area contributed by atoms with E-state index < -0.39 is 11.7 Å². The molecule has 4 aromatic heterocycles. The van der Waals surface area contributed by atoms with E-state index in [0.29, 0.717) is 30.1 Å². The van der Waals surface area contributed by atoms with Gasteiger partial charge in [0, 0.05) is 71.6 Å². The Morgan fingerprint density at radius 2 is 1.80 bits per heavy atom. The Bertz CT molecular complexity index is 1910. The molecule has 6 aromatic rings. The molecule has 1 fully saturated rings. The first-order valence-electron chi connectivity index (χ1n) is 13.2. The van der Waals surface area contributed by atoms with Gasteiger partial charge >= 0.3 is 0 Å². The molecule has 0 atom stereocenters. The van der Waals surface area contributed by atoms with Crippen LogP contribution in [0.5, 0.6) is 5.75 Å². The summed E-state index contributed by atoms with van der Waals surface area (Å²) < 4.78 is 46.9. The Morgan fingerprint density at radius 3 is 2.63 bits per heavy atom. The minimum Gasteiger partial charge on any atom is -0.497 e. The number of pyridine rings is 2. The molecule has 7 nitrogen and oxygen atoms in total. The van der Waals surface area contributed by atoms with Gasteiger partial charge in [-0.25, -0.2) is 13.2 Å². The molecule has 0 spiro atoms. The van der Waals surface area contributed by atoms with E-state index in [-0.39, 0.29) is 13.0 Å². The van der Waals surface area contributed by atoms with Gasteiger partial charge in [-0.3, -0.25) is 20.0 Å². The number of nitrogens with zero attached hydrogens (tertiary/aromatic N) is 4. The molecule has 5 heterocycles. The third kappa shape index (κ3) is 4.80. The normalized spacial score (nSPS) is 15.2. The van der Waals surface area contributed by atoms with E-state index in [2.05, 4.69) is 25.1 Å². The van der Waals surface area contributed by atoms with Gasteiger partial charge in [-0.15, -0.1) is 0 Å². The van der Waals surface area contributed by atoms with Crippen LogP contribution in [0.3, 0.4) is 0 Å². The third-order valence-electron chi connectivity index (χ3n) is 7.53. The van der Waals surface area contributed by atoms with Crippen molar-refractivity contribution in [1.29, 1.82) is 0 Å². The van der Waals surface area contributed by atoms with Crippen molar-refractivity contribution >= 4 is 21.8 Å². The number of fused-ring (bicyclic) bond motifs is 2. The van der Waals surface area contributed by atoms with Crippen LogP contribution in [-0.2, 0) is 6.54 Å². The number of hydrogen-bond donors (Lipinski definition) is 2. The first kappa shape index (κ1) is 25.3. The Hall–Kier alpha value is -4.70. The Kier molecular flexibility index (Phi) is 6.01. The van der Waals surface area contributed by atoms with E-state index in [0.717, 1.165) is 49.9 Å². The van der Waals surface area contributed by atoms with Crippen LogP contribution in [0.1, 0.15) is 12.0 Å². The molecule has 2 N–H and O–H groups in total. The summed E-state index contributed by atoms with van der Waals surface area (Å²) in [6.07, 6.45) is 5.07. The van der Waals surface area contributed by atoms with Gasteiger partial charge in [-0.1, -0.05) is 6.07 Å². The summed E-state index contributed by atoms with van der Waals surface area (Å²) in [7, 11) is 1.50. The number of H-pyrrole nitrogens is 2. The van der Waals surface area contributed by atoms with Gasteiger partial charge in [0.2, 0.25) is 0 Å². The topological polar surface area (TPSA) is 82.7 Å². The van der Waals surface area contributed by atoms with E-state index >= 15 is 0 Å². The predicted molar refractivity (Wildman–Crippen MR) is 151 cm³/mol. The Morgan fingerprint density at radius 1 is 0.927 bits per heavy atom. The lowest BCUT2D eigenvalue weighted by Gasteiger charge is -2.15. The summed E-state index contributed by atoms with van der Waals surface area (Å²) in [5.74, 6) is -2.62. The smallest absolute Gasteiger partial charge is 0.261 e. The molecular weight excluding hydrogens is 529 g/mol. The van der Waals surface area contributed by atoms with Crippen LogP contribution in [0, 0.1) is 5.82 Å². The number of aromatic nitrogens is 5. The first-order chi connectivity index (χ1) is 19.8. The van der Waals surface area contributed by atoms with Crippen molar-refractivity contribution < 1.29 is 17.9 Å². The van der Waals surface area contributed by atoms with Crippen molar-refractivity contribution in [1.82, 2.24) is 30.0 Å². The number of benzene rings is 2. The molecule has 0 aliphatic carbocycles. The van der Waals surface area contributed by atoms with Crippen molar-refractivity contribution in [2.24, 2.45) is 0 Å². The molecule has 0 radical (unpaired) electrons. The van der Waals surface area contributed by atoms with Crippen LogP contribution in [-0.4, -0.2) is 56.2 Å². The zero-order valence-corrected chi connectivity index (χ0v) is 22.1. The number of likely N-dealkylation sites (tertiary alicyclic amines) is 1. The fourth-order valence-corrected chi connectivity index (χ4v) is 5.56. The lowest BCUT2D eigenvalue weighted by atomic mass is 10.0. The zero-order chi connectivity index (χ0) is 28.1. The average molecular weight is 555 g/mol. The van der Waals surface area contributed by atoms with E-state index in [9.17, 15) is 13.2 Å². The summed E-state index contributed by atoms with van der Waals surface area (Å²) in [5, 5.41) is 9.42. The standard InChI is InChI=1S/C31H25F3N6O/c1-41-23-10-20(9-22(32)12-23)29-25-13-28(37-26(25)4-6-36-29)30-24-11-19(2-3-27(24)38-39-30)21-8-18(14-35-15-21)16-40-7-5-31(33,34)17-40/h2-4,6,8-15,37H,5,7,16-17H2,1H3,(H,38,39). The van der Waals surface area contributed by atoms with Gasteiger partial charge in [0.1, 0.15) is 17.3 Å². The second-order valence-electron chi connectivity index (χ2n) is 10.4. The molecular formula is C31H25F3N6O. The second kappa shape index (κ2) is 9.74. The molecule has 1 saturated heterocycles. The number of rotatable bonds is 6. The number of nitrogens with one attached hydrogen (secondary N) is 2. The Labute approximate surface area is 233 Å². The summed E-state index contributed by atoms with van der Waals surface area (Å²) in [6.45, 7) is 0.574. The van der Waals surface area contributed by atoms with Crippen LogP contribution in [0.15, 0.2) is 73.2 Å². The van der Waals surface area contributed by atoms with Crippen molar-refractivity contribution in [3.05, 3.63) is 84.6 Å². The Balaban J connectivity index is 1.25. The maximum Gasteiger partial charge on any atom is 0.261 e. The number of methoxy groups -OCH3 is 1. The number of aromatic amines is 2. The van der Waals surface area contributed by atoms with Gasteiger partial charge in [0.05, 0.1) is 30.6 Å². The summed E-state index contributed by atoms with van der Waals surface area (Å²) in [5.41, 5.74) is 7.16. The molecule has 7 rings (SSSR count). The van der Waals surface area contributed by atoms with E-state index in [1.807, 2.05) is 36.4 Å². The molecule has 1 aliphatic rings. The van der Waals surface area contributed by atoms with Gasteiger partial charge in [-0.05, 0) is 53.6 Å². The van der Waals surface area contributed by atoms with Crippen molar-refractivity contribution in [3.8, 4) is 39.5 Å². The SMILES string of the molecule is COc1cc(F)cc(-c2nccc3[nH]c(-c4n[nH]c5ccc(-c6cncc(CN7CCC(F)(F)C7)c6)cc45)cc23)c1. The van der Waals surface area contributed by atoms with Crippen molar-refractivity contribution in [2.45, 2.75) is 18.9 Å². The van der Waals surface area contributed by atoms with Gasteiger partial charge in [0.25, 0.3) is 5.92 Å². The van der Waals surface area contributed by atoms with Crippen LogP contribution in [0.25, 0.3) is 55.6 Å². The zero-order valence-electron chi connectivity index (χ0n) is 22.1. The second-order valence-corrected chi connectivity index (χ2v) is 10.4. The highest BCUT2D eigenvalue weighted by molar-refractivity contribution is 6.00. The number of hydrogen-bond acceptors (Lipinski definition) is 5. The lowest BCUT2D eigenvalue weighted by molar-refractivity contribution is 0.0115. The maximum absolute atomic E-state index is 14.3. The van der Waals surface area contributed by atoms with E-state index in [1.165, 1.54) is 19.2 Å². The highest BCUT2D eigenvalue weighted by Crippen LogP contribution is 2.36. The van der Waals surface area contributed by atoms with E-state index in [4.69, 9.17) is 4.74 Å². The summed E-state index contributed by atoms with van der Waals surface area (Å²) in [4.78, 5) is 14.1. The maximum atomic E-state index is 14.3. The van der Waals surface area contributed by atoms with Crippen LogP contribution in [0.4, 0.5) is 13.2 Å². The summed E-state index contributed by atoms with van der Waals surface area (Å²) in [6, 6.07) is 16.3. The fourth-order valence-electron chi connectivity index (χ4n) is 5.56. The molecule has 0 unspecified atom stereocenters.